The van der Waals surface area contributed by atoms with Crippen molar-refractivity contribution in [3.8, 4) is 5.75 Å². The van der Waals surface area contributed by atoms with Gasteiger partial charge in [0, 0.05) is 24.4 Å². The van der Waals surface area contributed by atoms with Crippen molar-refractivity contribution < 1.29 is 14.3 Å². The van der Waals surface area contributed by atoms with Gasteiger partial charge in [-0.1, -0.05) is 31.3 Å². The summed E-state index contributed by atoms with van der Waals surface area (Å²) in [7, 11) is 1.54. The number of carbonyl (C=O) groups excluding carboxylic acids is 2. The Morgan fingerprint density at radius 1 is 1.29 bits per heavy atom. The van der Waals surface area contributed by atoms with Crippen molar-refractivity contribution in [3.63, 3.8) is 0 Å². The van der Waals surface area contributed by atoms with Crippen LogP contribution in [0.1, 0.15) is 41.6 Å². The van der Waals surface area contributed by atoms with Crippen LogP contribution < -0.4 is 15.4 Å². The fourth-order valence-corrected chi connectivity index (χ4v) is 2.62. The number of nitrogens with one attached hydrogen (secondary N) is 2. The third-order valence-corrected chi connectivity index (χ3v) is 4.29. The van der Waals surface area contributed by atoms with Crippen LogP contribution in [0.4, 0.5) is 5.13 Å². The summed E-state index contributed by atoms with van der Waals surface area (Å²) in [6.45, 7) is 4.26. The van der Waals surface area contributed by atoms with Crippen molar-refractivity contribution in [2.75, 3.05) is 19.0 Å². The van der Waals surface area contributed by atoms with E-state index in [1.165, 1.54) is 11.3 Å². The Labute approximate surface area is 144 Å². The highest BCUT2D eigenvalue weighted by atomic mass is 32.1. The van der Waals surface area contributed by atoms with Crippen LogP contribution in [0, 0.1) is 0 Å². The molecule has 0 aliphatic carbocycles. The van der Waals surface area contributed by atoms with Gasteiger partial charge in [-0.25, -0.2) is 0 Å². The van der Waals surface area contributed by atoms with Crippen LogP contribution >= 0.6 is 11.3 Å². The molecule has 0 aliphatic rings. The quantitative estimate of drug-likeness (QED) is 0.801. The second kappa shape index (κ2) is 8.39. The molecule has 1 aromatic heterocycles. The van der Waals surface area contributed by atoms with E-state index >= 15 is 0 Å². The third kappa shape index (κ3) is 5.02. The number of carbonyl (C=O) groups is 2. The fourth-order valence-electron chi connectivity index (χ4n) is 1.86. The van der Waals surface area contributed by atoms with Gasteiger partial charge in [-0.2, -0.15) is 0 Å². The lowest BCUT2D eigenvalue weighted by molar-refractivity contribution is -0.116. The molecule has 8 heteroatoms. The maximum Gasteiger partial charge on any atom is 0.251 e. The van der Waals surface area contributed by atoms with Crippen molar-refractivity contribution >= 4 is 28.3 Å². The molecule has 0 fully saturated rings. The SMILES string of the molecule is COc1cccc(C(=O)NCCC(=O)Nc2nnc(C(C)C)s2)c1. The Bertz CT molecular complexity index is 715. The van der Waals surface area contributed by atoms with E-state index in [0.717, 1.165) is 5.01 Å². The van der Waals surface area contributed by atoms with E-state index in [2.05, 4.69) is 20.8 Å². The Balaban J connectivity index is 1.78. The Hall–Kier alpha value is -2.48. The van der Waals surface area contributed by atoms with Crippen LogP contribution in [0.25, 0.3) is 0 Å². The van der Waals surface area contributed by atoms with E-state index < -0.39 is 0 Å². The molecule has 0 atom stereocenters. The summed E-state index contributed by atoms with van der Waals surface area (Å²) >= 11 is 1.35. The van der Waals surface area contributed by atoms with E-state index in [4.69, 9.17) is 4.74 Å². The molecular formula is C16H20N4O3S. The topological polar surface area (TPSA) is 93.2 Å². The molecule has 0 saturated carbocycles. The number of hydrogen-bond acceptors (Lipinski definition) is 6. The summed E-state index contributed by atoms with van der Waals surface area (Å²) in [5.74, 6) is 0.417. The first-order chi connectivity index (χ1) is 11.5. The number of nitrogens with zero attached hydrogens (tertiary/aromatic N) is 2. The zero-order chi connectivity index (χ0) is 17.5. The number of anilines is 1. The summed E-state index contributed by atoms with van der Waals surface area (Å²) in [5.41, 5.74) is 0.487. The van der Waals surface area contributed by atoms with Crippen molar-refractivity contribution in [2.24, 2.45) is 0 Å². The predicted molar refractivity (Wildman–Crippen MR) is 92.6 cm³/mol. The van der Waals surface area contributed by atoms with Gasteiger partial charge < -0.3 is 15.4 Å². The number of hydrogen-bond donors (Lipinski definition) is 2. The van der Waals surface area contributed by atoms with Crippen molar-refractivity contribution in [2.45, 2.75) is 26.2 Å². The van der Waals surface area contributed by atoms with Gasteiger partial charge in [-0.05, 0) is 18.2 Å². The largest absolute Gasteiger partial charge is 0.497 e. The molecule has 2 amide bonds. The summed E-state index contributed by atoms with van der Waals surface area (Å²) in [6, 6.07) is 6.83. The fraction of sp³-hybridized carbons (Fsp3) is 0.375. The van der Waals surface area contributed by atoms with E-state index in [1.54, 1.807) is 31.4 Å². The average molecular weight is 348 g/mol. The van der Waals surface area contributed by atoms with E-state index in [-0.39, 0.29) is 30.7 Å². The minimum absolute atomic E-state index is 0.159. The summed E-state index contributed by atoms with van der Waals surface area (Å²) in [4.78, 5) is 23.9. The summed E-state index contributed by atoms with van der Waals surface area (Å²) in [5, 5.41) is 14.7. The molecule has 0 unspecified atom stereocenters. The number of methoxy groups -OCH3 is 1. The van der Waals surface area contributed by atoms with Crippen LogP contribution in [-0.4, -0.2) is 35.7 Å². The molecule has 0 radical (unpaired) electrons. The first-order valence-corrected chi connectivity index (χ1v) is 8.36. The monoisotopic (exact) mass is 348 g/mol. The number of ether oxygens (including phenoxy) is 1. The molecule has 7 nitrogen and oxygen atoms in total. The van der Waals surface area contributed by atoms with Crippen LogP contribution in [0.5, 0.6) is 5.75 Å². The van der Waals surface area contributed by atoms with E-state index in [9.17, 15) is 9.59 Å². The highest BCUT2D eigenvalue weighted by Crippen LogP contribution is 2.22. The molecule has 128 valence electrons. The van der Waals surface area contributed by atoms with Crippen molar-refractivity contribution in [1.82, 2.24) is 15.5 Å². The molecule has 0 bridgehead atoms. The van der Waals surface area contributed by atoms with Crippen LogP contribution in [0.15, 0.2) is 24.3 Å². The van der Waals surface area contributed by atoms with Crippen LogP contribution in [-0.2, 0) is 4.79 Å². The lowest BCUT2D eigenvalue weighted by Crippen LogP contribution is -2.27. The minimum Gasteiger partial charge on any atom is -0.497 e. The molecule has 1 aromatic carbocycles. The van der Waals surface area contributed by atoms with Gasteiger partial charge in [0.2, 0.25) is 11.0 Å². The summed E-state index contributed by atoms with van der Waals surface area (Å²) in [6.07, 6.45) is 0.159. The van der Waals surface area contributed by atoms with Gasteiger partial charge in [0.1, 0.15) is 10.8 Å². The normalized spacial score (nSPS) is 10.5. The Kier molecular flexibility index (Phi) is 6.25. The zero-order valence-electron chi connectivity index (χ0n) is 13.8. The minimum atomic E-state index is -0.250. The highest BCUT2D eigenvalue weighted by Gasteiger charge is 2.11. The lowest BCUT2D eigenvalue weighted by atomic mass is 10.2. The predicted octanol–water partition coefficient (Wildman–Crippen LogP) is 2.43. The maximum atomic E-state index is 12.0. The first-order valence-electron chi connectivity index (χ1n) is 7.55. The number of benzene rings is 1. The molecular weight excluding hydrogens is 328 g/mol. The second-order valence-electron chi connectivity index (χ2n) is 5.39. The molecule has 2 rings (SSSR count). The third-order valence-electron chi connectivity index (χ3n) is 3.15. The zero-order valence-corrected chi connectivity index (χ0v) is 14.6. The number of amides is 2. The van der Waals surface area contributed by atoms with Gasteiger partial charge in [0.25, 0.3) is 5.91 Å². The van der Waals surface area contributed by atoms with Crippen molar-refractivity contribution in [3.05, 3.63) is 34.8 Å². The number of aromatic nitrogens is 2. The van der Waals surface area contributed by atoms with Crippen LogP contribution in [0.3, 0.4) is 0 Å². The van der Waals surface area contributed by atoms with E-state index in [0.29, 0.717) is 16.4 Å². The van der Waals surface area contributed by atoms with E-state index in [1.807, 2.05) is 13.8 Å². The first kappa shape index (κ1) is 17.9. The molecule has 2 aromatic rings. The molecule has 2 N–H and O–H groups in total. The van der Waals surface area contributed by atoms with Gasteiger partial charge in [0.05, 0.1) is 7.11 Å². The standard InChI is InChI=1S/C16H20N4O3S/c1-10(2)15-19-20-16(24-15)18-13(21)7-8-17-14(22)11-5-4-6-12(9-11)23-3/h4-6,9-10H,7-8H2,1-3H3,(H,17,22)(H,18,20,21). The maximum absolute atomic E-state index is 12.0. The van der Waals surface area contributed by atoms with Gasteiger partial charge in [-0.3, -0.25) is 9.59 Å². The van der Waals surface area contributed by atoms with Gasteiger partial charge in [0.15, 0.2) is 0 Å². The Morgan fingerprint density at radius 3 is 2.75 bits per heavy atom. The smallest absolute Gasteiger partial charge is 0.251 e. The molecule has 0 spiro atoms. The lowest BCUT2D eigenvalue weighted by Gasteiger charge is -2.06. The summed E-state index contributed by atoms with van der Waals surface area (Å²) < 4.78 is 5.08. The van der Waals surface area contributed by atoms with Crippen molar-refractivity contribution in [1.29, 1.82) is 0 Å². The second-order valence-corrected chi connectivity index (χ2v) is 6.40. The molecule has 0 saturated heterocycles. The van der Waals surface area contributed by atoms with Crippen LogP contribution in [0.2, 0.25) is 0 Å². The average Bonchev–Trinajstić information content (AvgIpc) is 3.03. The highest BCUT2D eigenvalue weighted by molar-refractivity contribution is 7.15. The molecule has 24 heavy (non-hydrogen) atoms. The molecule has 0 aliphatic heterocycles. The van der Waals surface area contributed by atoms with Gasteiger partial charge in [-0.15, -0.1) is 10.2 Å². The molecule has 1 heterocycles. The number of rotatable bonds is 7. The van der Waals surface area contributed by atoms with Gasteiger partial charge >= 0.3 is 0 Å². The Morgan fingerprint density at radius 2 is 2.08 bits per heavy atom.